The fourth-order valence-corrected chi connectivity index (χ4v) is 3.78. The third-order valence-corrected chi connectivity index (χ3v) is 5.01. The first-order valence-electron chi connectivity index (χ1n) is 5.21. The van der Waals surface area contributed by atoms with Gasteiger partial charge in [0.25, 0.3) is 10.0 Å². The number of ether oxygens (including phenoxy) is 1. The highest BCUT2D eigenvalue weighted by Gasteiger charge is 2.20. The summed E-state index contributed by atoms with van der Waals surface area (Å²) < 4.78 is 31.1. The molecule has 0 saturated carbocycles. The van der Waals surface area contributed by atoms with Gasteiger partial charge in [0.1, 0.15) is 10.4 Å². The lowest BCUT2D eigenvalue weighted by Crippen LogP contribution is -2.12. The molecule has 100 valence electrons. The van der Waals surface area contributed by atoms with Gasteiger partial charge >= 0.3 is 0 Å². The topological polar surface area (TPSA) is 65.4 Å². The number of hydrogen-bond acceptors (Lipinski definition) is 4. The van der Waals surface area contributed by atoms with Crippen molar-refractivity contribution in [1.29, 1.82) is 0 Å². The molecule has 2 aromatic rings. The minimum atomic E-state index is -3.76. The van der Waals surface area contributed by atoms with Crippen LogP contribution in [0.15, 0.2) is 46.0 Å². The highest BCUT2D eigenvalue weighted by atomic mass is 79.9. The maximum Gasteiger partial charge on any atom is 0.268 e. The van der Waals surface area contributed by atoms with Crippen LogP contribution in [0.5, 0.6) is 5.75 Å². The van der Waals surface area contributed by atoms with Gasteiger partial charge in [0, 0.05) is 17.8 Å². The highest BCUT2D eigenvalue weighted by molar-refractivity contribution is 9.10. The fraction of sp³-hybridized carbons (Fsp3) is 0.0833. The minimum absolute atomic E-state index is 0.0839. The number of benzene rings is 1. The first-order chi connectivity index (χ1) is 8.98. The summed E-state index contributed by atoms with van der Waals surface area (Å²) >= 11 is 3.12. The van der Waals surface area contributed by atoms with E-state index in [1.165, 1.54) is 31.5 Å². The van der Waals surface area contributed by atoms with Crippen LogP contribution in [0.25, 0.3) is 0 Å². The van der Waals surface area contributed by atoms with Crippen molar-refractivity contribution in [3.05, 3.63) is 46.7 Å². The number of carbonyl (C=O) groups excluding carboxylic acids is 1. The lowest BCUT2D eigenvalue weighted by molar-refractivity contribution is 0.112. The SMILES string of the molecule is COc1cccc(S(=O)(=O)n2cc(C=O)cc2Br)c1. The summed E-state index contributed by atoms with van der Waals surface area (Å²) in [7, 11) is -2.30. The quantitative estimate of drug-likeness (QED) is 0.799. The van der Waals surface area contributed by atoms with Crippen molar-refractivity contribution in [2.75, 3.05) is 7.11 Å². The van der Waals surface area contributed by atoms with E-state index < -0.39 is 10.0 Å². The average molecular weight is 344 g/mol. The van der Waals surface area contributed by atoms with Gasteiger partial charge in [0.2, 0.25) is 0 Å². The average Bonchev–Trinajstić information content (AvgIpc) is 2.81. The van der Waals surface area contributed by atoms with Crippen molar-refractivity contribution >= 4 is 32.2 Å². The summed E-state index contributed by atoms with van der Waals surface area (Å²) in [4.78, 5) is 10.8. The molecule has 2 rings (SSSR count). The van der Waals surface area contributed by atoms with E-state index >= 15 is 0 Å². The molecule has 0 bridgehead atoms. The standard InChI is InChI=1S/C12H10BrNO4S/c1-18-10-3-2-4-11(6-10)19(16,17)14-7-9(8-15)5-12(14)13/h2-8H,1H3. The molecule has 0 saturated heterocycles. The van der Waals surface area contributed by atoms with Crippen molar-refractivity contribution < 1.29 is 17.9 Å². The first kappa shape index (κ1) is 13.8. The Kier molecular flexibility index (Phi) is 3.77. The van der Waals surface area contributed by atoms with Crippen LogP contribution in [0.2, 0.25) is 0 Å². The lowest BCUT2D eigenvalue weighted by atomic mass is 10.3. The number of hydrogen-bond donors (Lipinski definition) is 0. The summed E-state index contributed by atoms with van der Waals surface area (Å²) in [6, 6.07) is 7.56. The monoisotopic (exact) mass is 343 g/mol. The normalized spacial score (nSPS) is 11.3. The highest BCUT2D eigenvalue weighted by Crippen LogP contribution is 2.24. The Balaban J connectivity index is 2.57. The summed E-state index contributed by atoms with van der Waals surface area (Å²) in [5, 5.41) is 0. The third-order valence-electron chi connectivity index (χ3n) is 2.50. The van der Waals surface area contributed by atoms with E-state index in [-0.39, 0.29) is 15.1 Å². The second-order valence-corrected chi connectivity index (χ2v) is 6.32. The van der Waals surface area contributed by atoms with Crippen molar-refractivity contribution in [2.45, 2.75) is 4.90 Å². The Bertz CT molecular complexity index is 721. The number of aldehydes is 1. The molecule has 1 heterocycles. The van der Waals surface area contributed by atoms with Gasteiger partial charge in [-0.25, -0.2) is 12.4 Å². The summed E-state index contributed by atoms with van der Waals surface area (Å²) in [5.41, 5.74) is 0.276. The molecule has 1 aromatic carbocycles. The van der Waals surface area contributed by atoms with E-state index in [1.54, 1.807) is 12.1 Å². The van der Waals surface area contributed by atoms with E-state index in [4.69, 9.17) is 4.74 Å². The largest absolute Gasteiger partial charge is 0.497 e. The number of carbonyl (C=O) groups is 1. The molecule has 19 heavy (non-hydrogen) atoms. The molecule has 5 nitrogen and oxygen atoms in total. The molecule has 0 unspecified atom stereocenters. The molecule has 0 atom stereocenters. The van der Waals surface area contributed by atoms with E-state index in [0.29, 0.717) is 12.0 Å². The molecule has 1 aromatic heterocycles. The van der Waals surface area contributed by atoms with E-state index in [1.807, 2.05) is 0 Å². The second-order valence-electron chi connectivity index (χ2n) is 3.69. The summed E-state index contributed by atoms with van der Waals surface area (Å²) in [5.74, 6) is 0.444. The maximum atomic E-state index is 12.4. The van der Waals surface area contributed by atoms with Crippen LogP contribution in [0, 0.1) is 0 Å². The number of nitrogens with zero attached hydrogens (tertiary/aromatic N) is 1. The Hall–Kier alpha value is -1.60. The number of halogens is 1. The molecule has 0 aliphatic heterocycles. The zero-order valence-corrected chi connectivity index (χ0v) is 12.3. The Labute approximate surface area is 119 Å². The third kappa shape index (κ3) is 2.57. The van der Waals surface area contributed by atoms with Crippen LogP contribution < -0.4 is 4.74 Å². The molecular formula is C12H10BrNO4S. The van der Waals surface area contributed by atoms with Gasteiger partial charge in [-0.05, 0) is 34.1 Å². The molecule has 0 fully saturated rings. The molecule has 7 heteroatoms. The van der Waals surface area contributed by atoms with E-state index in [9.17, 15) is 13.2 Å². The van der Waals surface area contributed by atoms with Crippen molar-refractivity contribution in [1.82, 2.24) is 3.97 Å². The van der Waals surface area contributed by atoms with Gasteiger partial charge in [-0.15, -0.1) is 0 Å². The molecule has 0 amide bonds. The van der Waals surface area contributed by atoms with E-state index in [0.717, 1.165) is 3.97 Å². The molecule has 0 aliphatic carbocycles. The van der Waals surface area contributed by atoms with Crippen molar-refractivity contribution in [3.63, 3.8) is 0 Å². The molecule has 0 radical (unpaired) electrons. The van der Waals surface area contributed by atoms with Gasteiger partial charge in [-0.1, -0.05) is 6.07 Å². The number of rotatable bonds is 4. The van der Waals surface area contributed by atoms with Crippen LogP contribution in [0.1, 0.15) is 10.4 Å². The maximum absolute atomic E-state index is 12.4. The second kappa shape index (κ2) is 5.18. The predicted molar refractivity (Wildman–Crippen MR) is 73.1 cm³/mol. The zero-order chi connectivity index (χ0) is 14.0. The van der Waals surface area contributed by atoms with Gasteiger partial charge in [0.15, 0.2) is 6.29 Å². The van der Waals surface area contributed by atoms with E-state index in [2.05, 4.69) is 15.9 Å². The molecule has 0 N–H and O–H groups in total. The zero-order valence-electron chi connectivity index (χ0n) is 9.91. The fourth-order valence-electron chi connectivity index (χ4n) is 1.56. The summed E-state index contributed by atoms with van der Waals surface area (Å²) in [6.07, 6.45) is 1.84. The van der Waals surface area contributed by atoms with Gasteiger partial charge in [0.05, 0.1) is 12.0 Å². The lowest BCUT2D eigenvalue weighted by Gasteiger charge is -2.08. The number of methoxy groups -OCH3 is 1. The minimum Gasteiger partial charge on any atom is -0.497 e. The van der Waals surface area contributed by atoms with Crippen LogP contribution in [0.4, 0.5) is 0 Å². The molecule has 0 spiro atoms. The Morgan fingerprint density at radius 2 is 2.05 bits per heavy atom. The predicted octanol–water partition coefficient (Wildman–Crippen LogP) is 2.31. The van der Waals surface area contributed by atoms with Crippen molar-refractivity contribution in [2.24, 2.45) is 0 Å². The van der Waals surface area contributed by atoms with Crippen LogP contribution in [0.3, 0.4) is 0 Å². The molecule has 0 aliphatic rings. The van der Waals surface area contributed by atoms with Crippen LogP contribution >= 0.6 is 15.9 Å². The van der Waals surface area contributed by atoms with Gasteiger partial charge in [-0.2, -0.15) is 0 Å². The van der Waals surface area contributed by atoms with Gasteiger partial charge in [-0.3, -0.25) is 4.79 Å². The Morgan fingerprint density at radius 3 is 2.63 bits per heavy atom. The summed E-state index contributed by atoms with van der Waals surface area (Å²) in [6.45, 7) is 0. The Morgan fingerprint density at radius 1 is 1.32 bits per heavy atom. The van der Waals surface area contributed by atoms with Crippen LogP contribution in [-0.2, 0) is 10.0 Å². The smallest absolute Gasteiger partial charge is 0.268 e. The first-order valence-corrected chi connectivity index (χ1v) is 7.45. The van der Waals surface area contributed by atoms with Crippen LogP contribution in [-0.4, -0.2) is 25.8 Å². The van der Waals surface area contributed by atoms with Crippen molar-refractivity contribution in [3.8, 4) is 5.75 Å². The molecular weight excluding hydrogens is 334 g/mol. The van der Waals surface area contributed by atoms with Gasteiger partial charge < -0.3 is 4.74 Å². The number of aromatic nitrogens is 1.